The van der Waals surface area contributed by atoms with Crippen LogP contribution in [-0.2, 0) is 10.2 Å². The smallest absolute Gasteiger partial charge is 0.233 e. The molecule has 0 atom stereocenters. The first-order valence-electron chi connectivity index (χ1n) is 5.18. The van der Waals surface area contributed by atoms with E-state index in [4.69, 9.17) is 5.73 Å². The van der Waals surface area contributed by atoms with Crippen LogP contribution in [0.4, 0.5) is 0 Å². The molecule has 0 radical (unpaired) electrons. The molecule has 1 aromatic carbocycles. The zero-order valence-electron chi connectivity index (χ0n) is 10.00. The molecule has 0 heterocycles. The molecule has 5 heteroatoms. The summed E-state index contributed by atoms with van der Waals surface area (Å²) in [6.07, 6.45) is 0. The molecule has 0 aromatic heterocycles. The topological polar surface area (TPSA) is 55.1 Å². The molecule has 0 fully saturated rings. The zero-order chi connectivity index (χ0) is 12.2. The lowest BCUT2D eigenvalue weighted by molar-refractivity contribution is -0.119. The lowest BCUT2D eigenvalue weighted by atomic mass is 9.84. The van der Waals surface area contributed by atoms with E-state index in [1.807, 2.05) is 12.1 Å². The molecule has 17 heavy (non-hydrogen) atoms. The van der Waals surface area contributed by atoms with Gasteiger partial charge in [-0.05, 0) is 17.7 Å². The van der Waals surface area contributed by atoms with Crippen molar-refractivity contribution >= 4 is 34.2 Å². The molecule has 1 aromatic rings. The summed E-state index contributed by atoms with van der Waals surface area (Å²) in [5, 5.41) is 2.81. The monoisotopic (exact) mass is 320 g/mol. The highest BCUT2D eigenvalue weighted by Gasteiger charge is 2.20. The average Bonchev–Trinajstić information content (AvgIpc) is 2.26. The minimum Gasteiger partial charge on any atom is -0.354 e. The zero-order valence-corrected chi connectivity index (χ0v) is 12.4. The SMILES string of the molecule is CC(C)(CNC(=O)CN)c1ccc(Br)cc1.Cl. The normalized spacial score (nSPS) is 10.6. The highest BCUT2D eigenvalue weighted by molar-refractivity contribution is 9.10. The van der Waals surface area contributed by atoms with Gasteiger partial charge in [-0.15, -0.1) is 12.4 Å². The summed E-state index contributed by atoms with van der Waals surface area (Å²) in [6.45, 7) is 4.81. The summed E-state index contributed by atoms with van der Waals surface area (Å²) in [7, 11) is 0. The fourth-order valence-electron chi connectivity index (χ4n) is 1.39. The number of hydrogen-bond donors (Lipinski definition) is 2. The lowest BCUT2D eigenvalue weighted by Gasteiger charge is -2.25. The van der Waals surface area contributed by atoms with Crippen molar-refractivity contribution in [3.05, 3.63) is 34.3 Å². The average molecular weight is 322 g/mol. The van der Waals surface area contributed by atoms with E-state index in [-0.39, 0.29) is 30.3 Å². The Morgan fingerprint density at radius 2 is 1.88 bits per heavy atom. The molecular formula is C12H18BrClN2O. The van der Waals surface area contributed by atoms with Crippen LogP contribution in [-0.4, -0.2) is 19.0 Å². The maximum absolute atomic E-state index is 11.1. The van der Waals surface area contributed by atoms with Crippen LogP contribution in [0.25, 0.3) is 0 Å². The van der Waals surface area contributed by atoms with Gasteiger partial charge < -0.3 is 11.1 Å². The summed E-state index contributed by atoms with van der Waals surface area (Å²) < 4.78 is 1.05. The molecule has 0 aliphatic rings. The third kappa shape index (κ3) is 5.06. The Morgan fingerprint density at radius 1 is 1.35 bits per heavy atom. The van der Waals surface area contributed by atoms with E-state index in [0.29, 0.717) is 6.54 Å². The van der Waals surface area contributed by atoms with Gasteiger partial charge in [-0.25, -0.2) is 0 Å². The van der Waals surface area contributed by atoms with Crippen LogP contribution < -0.4 is 11.1 Å². The van der Waals surface area contributed by atoms with E-state index in [0.717, 1.165) is 4.47 Å². The molecule has 3 N–H and O–H groups in total. The van der Waals surface area contributed by atoms with Crippen LogP contribution in [0.1, 0.15) is 19.4 Å². The van der Waals surface area contributed by atoms with Gasteiger partial charge in [0.2, 0.25) is 5.91 Å². The highest BCUT2D eigenvalue weighted by Crippen LogP contribution is 2.23. The van der Waals surface area contributed by atoms with Gasteiger partial charge in [0.25, 0.3) is 0 Å². The molecule has 1 amide bonds. The molecule has 3 nitrogen and oxygen atoms in total. The van der Waals surface area contributed by atoms with Gasteiger partial charge in [0.1, 0.15) is 0 Å². The van der Waals surface area contributed by atoms with Crippen molar-refractivity contribution in [1.82, 2.24) is 5.32 Å². The molecule has 1 rings (SSSR count). The standard InChI is InChI=1S/C12H17BrN2O.ClH/c1-12(2,8-15-11(16)7-14)9-3-5-10(13)6-4-9;/h3-6H,7-8,14H2,1-2H3,(H,15,16);1H. The molecule has 0 aliphatic heterocycles. The molecule has 0 aliphatic carbocycles. The van der Waals surface area contributed by atoms with Gasteiger partial charge in [-0.3, -0.25) is 4.79 Å². The first-order chi connectivity index (χ1) is 7.45. The summed E-state index contributed by atoms with van der Waals surface area (Å²) >= 11 is 3.40. The van der Waals surface area contributed by atoms with E-state index in [1.165, 1.54) is 5.56 Å². The largest absolute Gasteiger partial charge is 0.354 e. The van der Waals surface area contributed by atoms with Crippen LogP contribution in [0, 0.1) is 0 Å². The highest BCUT2D eigenvalue weighted by atomic mass is 79.9. The number of benzene rings is 1. The number of nitrogens with two attached hydrogens (primary N) is 1. The van der Waals surface area contributed by atoms with E-state index < -0.39 is 0 Å². The predicted molar refractivity (Wildman–Crippen MR) is 76.5 cm³/mol. The summed E-state index contributed by atoms with van der Waals surface area (Å²) in [6, 6.07) is 8.11. The van der Waals surface area contributed by atoms with E-state index >= 15 is 0 Å². The molecule has 96 valence electrons. The Hall–Kier alpha value is -0.580. The first-order valence-corrected chi connectivity index (χ1v) is 5.98. The second-order valence-electron chi connectivity index (χ2n) is 4.37. The second kappa shape index (κ2) is 6.99. The van der Waals surface area contributed by atoms with Gasteiger partial charge >= 0.3 is 0 Å². The van der Waals surface area contributed by atoms with Gasteiger partial charge in [-0.1, -0.05) is 41.9 Å². The maximum Gasteiger partial charge on any atom is 0.233 e. The fraction of sp³-hybridized carbons (Fsp3) is 0.417. The Bertz CT molecular complexity index is 365. The van der Waals surface area contributed by atoms with Gasteiger partial charge in [-0.2, -0.15) is 0 Å². The summed E-state index contributed by atoms with van der Waals surface area (Å²) in [4.78, 5) is 11.1. The Balaban J connectivity index is 0.00000256. The molecule has 0 spiro atoms. The molecule has 0 saturated carbocycles. The number of carbonyl (C=O) groups is 1. The van der Waals surface area contributed by atoms with Gasteiger partial charge in [0.15, 0.2) is 0 Å². The van der Waals surface area contributed by atoms with Crippen molar-refractivity contribution in [3.8, 4) is 0 Å². The van der Waals surface area contributed by atoms with E-state index in [1.54, 1.807) is 0 Å². The van der Waals surface area contributed by atoms with Crippen molar-refractivity contribution in [2.45, 2.75) is 19.3 Å². The van der Waals surface area contributed by atoms with Crippen molar-refractivity contribution in [1.29, 1.82) is 0 Å². The van der Waals surface area contributed by atoms with Crippen LogP contribution in [0.3, 0.4) is 0 Å². The van der Waals surface area contributed by atoms with Gasteiger partial charge in [0, 0.05) is 16.4 Å². The van der Waals surface area contributed by atoms with Crippen LogP contribution in [0.15, 0.2) is 28.7 Å². The van der Waals surface area contributed by atoms with Crippen molar-refractivity contribution in [3.63, 3.8) is 0 Å². The number of halogens is 2. The number of rotatable bonds is 4. The number of hydrogen-bond acceptors (Lipinski definition) is 2. The minimum absolute atomic E-state index is 0. The van der Waals surface area contributed by atoms with E-state index in [2.05, 4.69) is 47.2 Å². The maximum atomic E-state index is 11.1. The predicted octanol–water partition coefficient (Wildman–Crippen LogP) is 2.22. The third-order valence-electron chi connectivity index (χ3n) is 2.54. The van der Waals surface area contributed by atoms with Crippen molar-refractivity contribution in [2.75, 3.05) is 13.1 Å². The Kier molecular flexibility index (Phi) is 6.75. The minimum atomic E-state index is -0.120. The molecular weight excluding hydrogens is 304 g/mol. The molecule has 0 saturated heterocycles. The van der Waals surface area contributed by atoms with Crippen LogP contribution in [0.2, 0.25) is 0 Å². The van der Waals surface area contributed by atoms with Crippen molar-refractivity contribution < 1.29 is 4.79 Å². The quantitative estimate of drug-likeness (QED) is 0.893. The molecule has 0 unspecified atom stereocenters. The summed E-state index contributed by atoms with van der Waals surface area (Å²) in [5.41, 5.74) is 6.34. The Labute approximate surface area is 117 Å². The van der Waals surface area contributed by atoms with E-state index in [9.17, 15) is 4.79 Å². The van der Waals surface area contributed by atoms with Crippen LogP contribution >= 0.6 is 28.3 Å². The second-order valence-corrected chi connectivity index (χ2v) is 5.29. The number of nitrogens with one attached hydrogen (secondary N) is 1. The lowest BCUT2D eigenvalue weighted by Crippen LogP contribution is -2.39. The first kappa shape index (κ1) is 16.4. The number of carbonyl (C=O) groups excluding carboxylic acids is 1. The van der Waals surface area contributed by atoms with Crippen LogP contribution in [0.5, 0.6) is 0 Å². The Morgan fingerprint density at radius 3 is 2.35 bits per heavy atom. The summed E-state index contributed by atoms with van der Waals surface area (Å²) in [5.74, 6) is -0.120. The van der Waals surface area contributed by atoms with Crippen molar-refractivity contribution in [2.24, 2.45) is 5.73 Å². The third-order valence-corrected chi connectivity index (χ3v) is 3.07. The molecule has 0 bridgehead atoms. The fourth-order valence-corrected chi connectivity index (χ4v) is 1.66. The number of amides is 1. The van der Waals surface area contributed by atoms with Gasteiger partial charge in [0.05, 0.1) is 6.54 Å².